The zero-order valence-corrected chi connectivity index (χ0v) is 10.6. The third-order valence-corrected chi connectivity index (χ3v) is 2.19. The number of oxime groups is 1. The van der Waals surface area contributed by atoms with Crippen molar-refractivity contribution in [2.75, 3.05) is 19.8 Å². The molecule has 0 aliphatic carbocycles. The van der Waals surface area contributed by atoms with Crippen molar-refractivity contribution in [3.8, 4) is 0 Å². The van der Waals surface area contributed by atoms with Gasteiger partial charge in [-0.3, -0.25) is 0 Å². The molecular weight excluding hydrogens is 206 g/mol. The Kier molecular flexibility index (Phi) is 8.94. The average Bonchev–Trinajstić information content (AvgIpc) is 2.27. The lowest BCUT2D eigenvalue weighted by Gasteiger charge is -2.15. The molecule has 96 valence electrons. The number of nitrogens with zero attached hydrogens (tertiary/aromatic N) is 1. The van der Waals surface area contributed by atoms with Crippen molar-refractivity contribution < 1.29 is 9.94 Å². The molecule has 0 bridgehead atoms. The molecule has 1 unspecified atom stereocenters. The quantitative estimate of drug-likeness (QED) is 0.183. The van der Waals surface area contributed by atoms with Gasteiger partial charge < -0.3 is 21.0 Å². The number of hydrogen-bond acceptors (Lipinski definition) is 4. The van der Waals surface area contributed by atoms with Gasteiger partial charge in [-0.1, -0.05) is 25.9 Å². The minimum absolute atomic E-state index is 0.0462. The minimum Gasteiger partial charge on any atom is -0.409 e. The molecule has 16 heavy (non-hydrogen) atoms. The summed E-state index contributed by atoms with van der Waals surface area (Å²) in [6, 6.07) is -0.0462. The molecule has 0 aromatic rings. The van der Waals surface area contributed by atoms with Crippen molar-refractivity contribution in [3.05, 3.63) is 0 Å². The molecule has 0 radical (unpaired) electrons. The second-order valence-corrected chi connectivity index (χ2v) is 4.26. The van der Waals surface area contributed by atoms with Gasteiger partial charge in [-0.15, -0.1) is 0 Å². The van der Waals surface area contributed by atoms with Gasteiger partial charge in [0.1, 0.15) is 0 Å². The predicted molar refractivity (Wildman–Crippen MR) is 65.8 cm³/mol. The Morgan fingerprint density at radius 2 is 2.19 bits per heavy atom. The summed E-state index contributed by atoms with van der Waals surface area (Å²) in [6.07, 6.45) is 1.74. The first-order valence-electron chi connectivity index (χ1n) is 5.90. The number of ether oxygens (including phenoxy) is 1. The lowest BCUT2D eigenvalue weighted by atomic mass is 10.2. The van der Waals surface area contributed by atoms with E-state index in [0.29, 0.717) is 5.92 Å². The molecule has 0 aliphatic heterocycles. The van der Waals surface area contributed by atoms with Gasteiger partial charge in [0.25, 0.3) is 0 Å². The summed E-state index contributed by atoms with van der Waals surface area (Å²) in [5.41, 5.74) is 5.51. The van der Waals surface area contributed by atoms with Crippen molar-refractivity contribution in [3.63, 3.8) is 0 Å². The predicted octanol–water partition coefficient (Wildman–Crippen LogP) is 1.16. The molecule has 0 aromatic heterocycles. The second-order valence-electron chi connectivity index (χ2n) is 4.26. The Morgan fingerprint density at radius 1 is 1.50 bits per heavy atom. The van der Waals surface area contributed by atoms with E-state index in [-0.39, 0.29) is 11.9 Å². The topological polar surface area (TPSA) is 79.9 Å². The Hall–Kier alpha value is -0.810. The zero-order chi connectivity index (χ0) is 12.4. The van der Waals surface area contributed by atoms with Crippen LogP contribution in [0.15, 0.2) is 5.16 Å². The maximum Gasteiger partial charge on any atom is 0.156 e. The molecule has 0 heterocycles. The van der Waals surface area contributed by atoms with Gasteiger partial charge in [0.05, 0.1) is 6.04 Å². The van der Waals surface area contributed by atoms with Gasteiger partial charge in [-0.25, -0.2) is 0 Å². The Balaban J connectivity index is 3.49. The molecule has 0 saturated heterocycles. The van der Waals surface area contributed by atoms with Crippen molar-refractivity contribution in [2.24, 2.45) is 16.8 Å². The zero-order valence-electron chi connectivity index (χ0n) is 10.6. The molecule has 0 saturated carbocycles. The molecule has 0 spiro atoms. The SMILES string of the molecule is CCC(NCCCOCC(C)C)C(N)=NO. The van der Waals surface area contributed by atoms with E-state index in [2.05, 4.69) is 24.3 Å². The fourth-order valence-electron chi connectivity index (χ4n) is 1.30. The van der Waals surface area contributed by atoms with Crippen molar-refractivity contribution in [1.29, 1.82) is 0 Å². The first-order chi connectivity index (χ1) is 7.61. The summed E-state index contributed by atoms with van der Waals surface area (Å²) in [5.74, 6) is 0.819. The first kappa shape index (κ1) is 15.2. The van der Waals surface area contributed by atoms with Crippen LogP contribution in [-0.2, 0) is 4.74 Å². The summed E-state index contributed by atoms with van der Waals surface area (Å²) in [4.78, 5) is 0. The van der Waals surface area contributed by atoms with Crippen LogP contribution in [0, 0.1) is 5.92 Å². The lowest BCUT2D eigenvalue weighted by molar-refractivity contribution is 0.107. The lowest BCUT2D eigenvalue weighted by Crippen LogP contribution is -2.41. The largest absolute Gasteiger partial charge is 0.409 e. The van der Waals surface area contributed by atoms with E-state index >= 15 is 0 Å². The van der Waals surface area contributed by atoms with Crippen molar-refractivity contribution in [1.82, 2.24) is 5.32 Å². The van der Waals surface area contributed by atoms with E-state index in [1.807, 2.05) is 6.92 Å². The first-order valence-corrected chi connectivity index (χ1v) is 5.90. The van der Waals surface area contributed by atoms with Gasteiger partial charge in [-0.05, 0) is 25.3 Å². The van der Waals surface area contributed by atoms with E-state index in [1.54, 1.807) is 0 Å². The van der Waals surface area contributed by atoms with Crippen LogP contribution in [0.2, 0.25) is 0 Å². The number of hydrogen-bond donors (Lipinski definition) is 3. The molecule has 5 heteroatoms. The van der Waals surface area contributed by atoms with Crippen molar-refractivity contribution in [2.45, 2.75) is 39.7 Å². The second kappa shape index (κ2) is 9.42. The smallest absolute Gasteiger partial charge is 0.156 e. The maximum atomic E-state index is 8.54. The summed E-state index contributed by atoms with van der Waals surface area (Å²) in [7, 11) is 0. The molecule has 4 N–H and O–H groups in total. The van der Waals surface area contributed by atoms with Crippen LogP contribution in [0.3, 0.4) is 0 Å². The van der Waals surface area contributed by atoms with Crippen molar-refractivity contribution >= 4 is 5.84 Å². The van der Waals surface area contributed by atoms with E-state index in [0.717, 1.165) is 32.6 Å². The summed E-state index contributed by atoms with van der Waals surface area (Å²) in [6.45, 7) is 8.61. The van der Waals surface area contributed by atoms with E-state index < -0.39 is 0 Å². The van der Waals surface area contributed by atoms with E-state index in [9.17, 15) is 0 Å². The van der Waals surface area contributed by atoms with Gasteiger partial charge in [0.2, 0.25) is 0 Å². The Labute approximate surface area is 98.0 Å². The average molecular weight is 231 g/mol. The maximum absolute atomic E-state index is 8.54. The fraction of sp³-hybridized carbons (Fsp3) is 0.909. The molecule has 0 amide bonds. The third kappa shape index (κ3) is 7.48. The van der Waals surface area contributed by atoms with Gasteiger partial charge in [0.15, 0.2) is 5.84 Å². The monoisotopic (exact) mass is 231 g/mol. The molecule has 0 aliphatic rings. The van der Waals surface area contributed by atoms with Crippen LogP contribution in [-0.4, -0.2) is 36.8 Å². The van der Waals surface area contributed by atoms with Crippen LogP contribution < -0.4 is 11.1 Å². The summed E-state index contributed by atoms with van der Waals surface area (Å²) < 4.78 is 5.45. The number of nitrogens with two attached hydrogens (primary N) is 1. The molecule has 1 atom stereocenters. The van der Waals surface area contributed by atoms with Gasteiger partial charge in [0, 0.05) is 13.2 Å². The van der Waals surface area contributed by atoms with Crippen LogP contribution in [0.25, 0.3) is 0 Å². The molecule has 0 fully saturated rings. The van der Waals surface area contributed by atoms with Crippen LogP contribution in [0.5, 0.6) is 0 Å². The normalized spacial score (nSPS) is 14.4. The van der Waals surface area contributed by atoms with Crippen LogP contribution >= 0.6 is 0 Å². The third-order valence-electron chi connectivity index (χ3n) is 2.19. The number of amidine groups is 1. The number of nitrogens with one attached hydrogen (secondary N) is 1. The van der Waals surface area contributed by atoms with E-state index in [4.69, 9.17) is 15.7 Å². The van der Waals surface area contributed by atoms with Crippen LogP contribution in [0.1, 0.15) is 33.6 Å². The fourth-order valence-corrected chi connectivity index (χ4v) is 1.30. The Bertz CT molecular complexity index is 196. The standard InChI is InChI=1S/C11H25N3O2/c1-4-10(11(12)14-15)13-6-5-7-16-8-9(2)3/h9-10,13,15H,4-8H2,1-3H3,(H2,12,14). The highest BCUT2D eigenvalue weighted by atomic mass is 16.5. The highest BCUT2D eigenvalue weighted by Crippen LogP contribution is 1.94. The Morgan fingerprint density at radius 3 is 2.69 bits per heavy atom. The van der Waals surface area contributed by atoms with E-state index in [1.165, 1.54) is 0 Å². The minimum atomic E-state index is -0.0462. The number of rotatable bonds is 9. The molecule has 0 aromatic carbocycles. The molecular formula is C11H25N3O2. The van der Waals surface area contributed by atoms with Gasteiger partial charge >= 0.3 is 0 Å². The highest BCUT2D eigenvalue weighted by Gasteiger charge is 2.09. The highest BCUT2D eigenvalue weighted by molar-refractivity contribution is 5.85. The summed E-state index contributed by atoms with van der Waals surface area (Å²) in [5, 5.41) is 14.7. The summed E-state index contributed by atoms with van der Waals surface area (Å²) >= 11 is 0. The van der Waals surface area contributed by atoms with Crippen LogP contribution in [0.4, 0.5) is 0 Å². The molecule has 5 nitrogen and oxygen atoms in total. The molecule has 0 rings (SSSR count). The van der Waals surface area contributed by atoms with Gasteiger partial charge in [-0.2, -0.15) is 0 Å².